The van der Waals surface area contributed by atoms with Crippen molar-refractivity contribution >= 4 is 17.6 Å². The number of benzene rings is 1. The standard InChI is InChI=1S/C11H10ClNO2/c1-7-3-8(5-11(14)15-2)9(6-13)4-10(7)12/h3-4H,5H2,1-2H3. The Balaban J connectivity index is 3.12. The van der Waals surface area contributed by atoms with Crippen LogP contribution in [0, 0.1) is 18.3 Å². The van der Waals surface area contributed by atoms with Gasteiger partial charge in [0.25, 0.3) is 0 Å². The molecule has 0 bridgehead atoms. The minimum atomic E-state index is -0.367. The maximum Gasteiger partial charge on any atom is 0.310 e. The van der Waals surface area contributed by atoms with Gasteiger partial charge in [-0.25, -0.2) is 0 Å². The normalized spacial score (nSPS) is 9.47. The second kappa shape index (κ2) is 4.81. The average Bonchev–Trinajstić information content (AvgIpc) is 2.22. The SMILES string of the molecule is COC(=O)Cc1cc(C)c(Cl)cc1C#N. The Labute approximate surface area is 93.2 Å². The van der Waals surface area contributed by atoms with Gasteiger partial charge in [0.2, 0.25) is 0 Å². The van der Waals surface area contributed by atoms with Crippen LogP contribution in [0.15, 0.2) is 12.1 Å². The predicted octanol–water partition coefficient (Wildman–Crippen LogP) is 2.24. The molecule has 0 saturated heterocycles. The molecule has 4 heteroatoms. The summed E-state index contributed by atoms with van der Waals surface area (Å²) < 4.78 is 4.54. The van der Waals surface area contributed by atoms with Gasteiger partial charge < -0.3 is 4.74 Å². The Kier molecular flexibility index (Phi) is 3.70. The van der Waals surface area contributed by atoms with Crippen LogP contribution in [-0.2, 0) is 16.0 Å². The molecule has 1 rings (SSSR count). The number of rotatable bonds is 2. The van der Waals surface area contributed by atoms with Gasteiger partial charge in [0, 0.05) is 5.02 Å². The molecule has 0 fully saturated rings. The van der Waals surface area contributed by atoms with Crippen molar-refractivity contribution in [2.45, 2.75) is 13.3 Å². The fourth-order valence-corrected chi connectivity index (χ4v) is 1.38. The Bertz CT molecular complexity index is 435. The smallest absolute Gasteiger partial charge is 0.310 e. The summed E-state index contributed by atoms with van der Waals surface area (Å²) in [5.74, 6) is -0.367. The molecule has 1 aromatic carbocycles. The van der Waals surface area contributed by atoms with E-state index in [9.17, 15) is 4.79 Å². The molecule has 0 unspecified atom stereocenters. The van der Waals surface area contributed by atoms with E-state index in [1.807, 2.05) is 13.0 Å². The van der Waals surface area contributed by atoms with Crippen molar-refractivity contribution < 1.29 is 9.53 Å². The number of methoxy groups -OCH3 is 1. The van der Waals surface area contributed by atoms with Crippen LogP contribution in [0.1, 0.15) is 16.7 Å². The van der Waals surface area contributed by atoms with Gasteiger partial charge >= 0.3 is 5.97 Å². The molecule has 3 nitrogen and oxygen atoms in total. The monoisotopic (exact) mass is 223 g/mol. The van der Waals surface area contributed by atoms with Crippen molar-refractivity contribution in [2.75, 3.05) is 7.11 Å². The Morgan fingerprint density at radius 3 is 2.80 bits per heavy atom. The van der Waals surface area contributed by atoms with E-state index in [4.69, 9.17) is 16.9 Å². The van der Waals surface area contributed by atoms with Crippen LogP contribution in [0.2, 0.25) is 5.02 Å². The highest BCUT2D eigenvalue weighted by molar-refractivity contribution is 6.31. The Morgan fingerprint density at radius 1 is 1.60 bits per heavy atom. The van der Waals surface area contributed by atoms with Gasteiger partial charge in [0.1, 0.15) is 0 Å². The van der Waals surface area contributed by atoms with E-state index >= 15 is 0 Å². The highest BCUT2D eigenvalue weighted by Gasteiger charge is 2.10. The molecule has 0 N–H and O–H groups in total. The lowest BCUT2D eigenvalue weighted by atomic mass is 10.0. The van der Waals surface area contributed by atoms with Crippen molar-refractivity contribution in [1.82, 2.24) is 0 Å². The van der Waals surface area contributed by atoms with Crippen LogP contribution in [0.4, 0.5) is 0 Å². The van der Waals surface area contributed by atoms with Crippen LogP contribution in [0.3, 0.4) is 0 Å². The number of nitriles is 1. The van der Waals surface area contributed by atoms with Crippen molar-refractivity contribution in [3.63, 3.8) is 0 Å². The Morgan fingerprint density at radius 2 is 2.27 bits per heavy atom. The zero-order valence-corrected chi connectivity index (χ0v) is 9.26. The topological polar surface area (TPSA) is 50.1 Å². The van der Waals surface area contributed by atoms with Gasteiger partial charge in [0.05, 0.1) is 25.2 Å². The Hall–Kier alpha value is -1.53. The summed E-state index contributed by atoms with van der Waals surface area (Å²) in [7, 11) is 1.32. The lowest BCUT2D eigenvalue weighted by Crippen LogP contribution is -2.06. The number of nitrogens with zero attached hydrogens (tertiary/aromatic N) is 1. The van der Waals surface area contributed by atoms with Gasteiger partial charge in [-0.1, -0.05) is 17.7 Å². The van der Waals surface area contributed by atoms with Crippen LogP contribution in [0.25, 0.3) is 0 Å². The first kappa shape index (κ1) is 11.5. The average molecular weight is 224 g/mol. The molecule has 1 aromatic rings. The van der Waals surface area contributed by atoms with Gasteiger partial charge in [-0.3, -0.25) is 4.79 Å². The highest BCUT2D eigenvalue weighted by Crippen LogP contribution is 2.21. The van der Waals surface area contributed by atoms with E-state index in [2.05, 4.69) is 4.74 Å². The molecule has 0 saturated carbocycles. The number of esters is 1. The maximum absolute atomic E-state index is 11.1. The summed E-state index contributed by atoms with van der Waals surface area (Å²) >= 11 is 5.87. The third kappa shape index (κ3) is 2.71. The van der Waals surface area contributed by atoms with E-state index in [0.29, 0.717) is 16.1 Å². The van der Waals surface area contributed by atoms with Gasteiger partial charge in [-0.15, -0.1) is 0 Å². The van der Waals surface area contributed by atoms with Crippen LogP contribution in [-0.4, -0.2) is 13.1 Å². The third-order valence-electron chi connectivity index (χ3n) is 2.07. The first-order chi connectivity index (χ1) is 7.08. The number of aryl methyl sites for hydroxylation is 1. The van der Waals surface area contributed by atoms with Crippen molar-refractivity contribution in [3.05, 3.63) is 33.8 Å². The molecule has 0 aromatic heterocycles. The lowest BCUT2D eigenvalue weighted by Gasteiger charge is -2.05. The largest absolute Gasteiger partial charge is 0.469 e. The van der Waals surface area contributed by atoms with Gasteiger partial charge in [-0.05, 0) is 24.1 Å². The second-order valence-electron chi connectivity index (χ2n) is 3.12. The van der Waals surface area contributed by atoms with Crippen molar-refractivity contribution in [1.29, 1.82) is 5.26 Å². The molecule has 78 valence electrons. The van der Waals surface area contributed by atoms with Crippen molar-refractivity contribution in [3.8, 4) is 6.07 Å². The number of ether oxygens (including phenoxy) is 1. The summed E-state index contributed by atoms with van der Waals surface area (Å²) in [6.07, 6.45) is 0.0946. The number of hydrogen-bond donors (Lipinski definition) is 0. The fourth-order valence-electron chi connectivity index (χ4n) is 1.22. The van der Waals surface area contributed by atoms with E-state index in [1.165, 1.54) is 7.11 Å². The molecule has 0 aliphatic carbocycles. The molecule has 0 heterocycles. The first-order valence-corrected chi connectivity index (χ1v) is 4.72. The minimum Gasteiger partial charge on any atom is -0.469 e. The van der Waals surface area contributed by atoms with E-state index < -0.39 is 0 Å². The maximum atomic E-state index is 11.1. The predicted molar refractivity (Wildman–Crippen MR) is 56.6 cm³/mol. The third-order valence-corrected chi connectivity index (χ3v) is 2.47. The van der Waals surface area contributed by atoms with Gasteiger partial charge in [0.15, 0.2) is 0 Å². The molecule has 0 radical (unpaired) electrons. The molecular weight excluding hydrogens is 214 g/mol. The number of hydrogen-bond acceptors (Lipinski definition) is 3. The minimum absolute atomic E-state index is 0.0946. The van der Waals surface area contributed by atoms with Crippen LogP contribution in [0.5, 0.6) is 0 Å². The van der Waals surface area contributed by atoms with Crippen molar-refractivity contribution in [2.24, 2.45) is 0 Å². The van der Waals surface area contributed by atoms with E-state index in [1.54, 1.807) is 12.1 Å². The molecule has 0 aliphatic heterocycles. The second-order valence-corrected chi connectivity index (χ2v) is 3.53. The van der Waals surface area contributed by atoms with E-state index in [0.717, 1.165) is 5.56 Å². The van der Waals surface area contributed by atoms with Crippen LogP contribution >= 0.6 is 11.6 Å². The summed E-state index contributed by atoms with van der Waals surface area (Å²) in [5.41, 5.74) is 1.90. The van der Waals surface area contributed by atoms with Gasteiger partial charge in [-0.2, -0.15) is 5.26 Å². The number of halogens is 1. The molecule has 15 heavy (non-hydrogen) atoms. The number of carbonyl (C=O) groups is 1. The zero-order chi connectivity index (χ0) is 11.4. The molecule has 0 aliphatic rings. The van der Waals surface area contributed by atoms with E-state index in [-0.39, 0.29) is 12.4 Å². The molecule has 0 atom stereocenters. The van der Waals surface area contributed by atoms with Crippen LogP contribution < -0.4 is 0 Å². The molecule has 0 amide bonds. The summed E-state index contributed by atoms with van der Waals surface area (Å²) in [4.78, 5) is 11.1. The summed E-state index contributed by atoms with van der Waals surface area (Å²) in [6.45, 7) is 1.82. The summed E-state index contributed by atoms with van der Waals surface area (Å²) in [6, 6.07) is 5.30. The first-order valence-electron chi connectivity index (χ1n) is 4.34. The lowest BCUT2D eigenvalue weighted by molar-refractivity contribution is -0.139. The summed E-state index contributed by atoms with van der Waals surface area (Å²) in [5, 5.41) is 9.39. The fraction of sp³-hybridized carbons (Fsp3) is 0.273. The zero-order valence-electron chi connectivity index (χ0n) is 8.50. The molecule has 0 spiro atoms. The highest BCUT2D eigenvalue weighted by atomic mass is 35.5. The molecular formula is C11H10ClNO2. The number of carbonyl (C=O) groups excluding carboxylic acids is 1. The quantitative estimate of drug-likeness (QED) is 0.723.